The van der Waals surface area contributed by atoms with E-state index in [1.807, 2.05) is 38.1 Å². The number of amides is 1. The van der Waals surface area contributed by atoms with E-state index < -0.39 is 0 Å². The first-order valence-electron chi connectivity index (χ1n) is 9.49. The monoisotopic (exact) mass is 389 g/mol. The van der Waals surface area contributed by atoms with Gasteiger partial charge in [0.05, 0.1) is 11.9 Å². The number of carbonyl (C=O) groups is 1. The number of nitrogen functional groups attached to an aromatic ring is 1. The SMILES string of the molecule is CCOc1ccc(NC(=O)[C@@H](C)Sc2nnc(C3CCCCC3)n2N)cc1. The molecular formula is C19H27N5O2S. The number of rotatable bonds is 7. The molecule has 146 valence electrons. The molecule has 1 aliphatic rings. The van der Waals surface area contributed by atoms with Crippen LogP contribution in [0.3, 0.4) is 0 Å². The first-order chi connectivity index (χ1) is 13.1. The van der Waals surface area contributed by atoms with Gasteiger partial charge in [-0.15, -0.1) is 10.2 Å². The van der Waals surface area contributed by atoms with Crippen molar-refractivity contribution in [2.45, 2.75) is 62.3 Å². The number of benzene rings is 1. The largest absolute Gasteiger partial charge is 0.494 e. The molecule has 1 saturated carbocycles. The number of hydrogen-bond donors (Lipinski definition) is 2. The van der Waals surface area contributed by atoms with Gasteiger partial charge in [-0.05, 0) is 51.0 Å². The van der Waals surface area contributed by atoms with Gasteiger partial charge >= 0.3 is 0 Å². The first kappa shape index (κ1) is 19.5. The van der Waals surface area contributed by atoms with Crippen molar-refractivity contribution in [3.63, 3.8) is 0 Å². The molecule has 7 nitrogen and oxygen atoms in total. The molecule has 1 aromatic heterocycles. The molecule has 0 radical (unpaired) electrons. The fraction of sp³-hybridized carbons (Fsp3) is 0.526. The average molecular weight is 390 g/mol. The zero-order valence-corrected chi connectivity index (χ0v) is 16.7. The van der Waals surface area contributed by atoms with Crippen LogP contribution in [0.2, 0.25) is 0 Å². The van der Waals surface area contributed by atoms with Crippen molar-refractivity contribution in [2.75, 3.05) is 17.8 Å². The van der Waals surface area contributed by atoms with Crippen LogP contribution in [0.4, 0.5) is 5.69 Å². The van der Waals surface area contributed by atoms with Crippen LogP contribution in [0.1, 0.15) is 57.7 Å². The van der Waals surface area contributed by atoms with Crippen molar-refractivity contribution in [1.82, 2.24) is 14.9 Å². The highest BCUT2D eigenvalue weighted by molar-refractivity contribution is 8.00. The summed E-state index contributed by atoms with van der Waals surface area (Å²) < 4.78 is 6.97. The lowest BCUT2D eigenvalue weighted by Gasteiger charge is -2.20. The molecule has 0 saturated heterocycles. The van der Waals surface area contributed by atoms with Crippen molar-refractivity contribution in [2.24, 2.45) is 0 Å². The number of hydrogen-bond acceptors (Lipinski definition) is 6. The highest BCUT2D eigenvalue weighted by atomic mass is 32.2. The summed E-state index contributed by atoms with van der Waals surface area (Å²) >= 11 is 1.32. The molecule has 1 fully saturated rings. The molecule has 2 aromatic rings. The molecule has 0 aliphatic heterocycles. The maximum absolute atomic E-state index is 12.5. The van der Waals surface area contributed by atoms with E-state index in [4.69, 9.17) is 10.6 Å². The summed E-state index contributed by atoms with van der Waals surface area (Å²) in [6, 6.07) is 7.33. The minimum atomic E-state index is -0.345. The Balaban J connectivity index is 1.58. The van der Waals surface area contributed by atoms with Crippen LogP contribution in [-0.2, 0) is 4.79 Å². The number of nitrogens with zero attached hydrogens (tertiary/aromatic N) is 3. The van der Waals surface area contributed by atoms with Crippen LogP contribution in [-0.4, -0.2) is 32.6 Å². The van der Waals surface area contributed by atoms with Crippen molar-refractivity contribution >= 4 is 23.4 Å². The average Bonchev–Trinajstić information content (AvgIpc) is 3.04. The Morgan fingerprint density at radius 1 is 1.30 bits per heavy atom. The number of nitrogens with two attached hydrogens (primary N) is 1. The summed E-state index contributed by atoms with van der Waals surface area (Å²) in [7, 11) is 0. The van der Waals surface area contributed by atoms with Gasteiger partial charge in [-0.1, -0.05) is 31.0 Å². The second-order valence-corrected chi connectivity index (χ2v) is 8.06. The maximum Gasteiger partial charge on any atom is 0.237 e. The van der Waals surface area contributed by atoms with Gasteiger partial charge in [-0.2, -0.15) is 0 Å². The van der Waals surface area contributed by atoms with Gasteiger partial charge in [0.25, 0.3) is 0 Å². The fourth-order valence-electron chi connectivity index (χ4n) is 3.26. The lowest BCUT2D eigenvalue weighted by atomic mass is 9.89. The summed E-state index contributed by atoms with van der Waals surface area (Å²) in [5, 5.41) is 11.6. The zero-order valence-electron chi connectivity index (χ0n) is 15.9. The minimum absolute atomic E-state index is 0.105. The van der Waals surface area contributed by atoms with Crippen molar-refractivity contribution < 1.29 is 9.53 Å². The van der Waals surface area contributed by atoms with Gasteiger partial charge in [0.2, 0.25) is 11.1 Å². The van der Waals surface area contributed by atoms with Crippen molar-refractivity contribution in [3.8, 4) is 5.75 Å². The molecule has 1 aromatic carbocycles. The highest BCUT2D eigenvalue weighted by Gasteiger charge is 2.24. The Kier molecular flexibility index (Phi) is 6.60. The number of aromatic nitrogens is 3. The Bertz CT molecular complexity index is 756. The van der Waals surface area contributed by atoms with Gasteiger partial charge in [0.1, 0.15) is 5.75 Å². The van der Waals surface area contributed by atoms with E-state index >= 15 is 0 Å². The summed E-state index contributed by atoms with van der Waals surface area (Å²) in [5.41, 5.74) is 0.730. The molecule has 0 unspecified atom stereocenters. The predicted molar refractivity (Wildman–Crippen MR) is 108 cm³/mol. The summed E-state index contributed by atoms with van der Waals surface area (Å²) in [4.78, 5) is 12.5. The molecule has 8 heteroatoms. The standard InChI is InChI=1S/C19H27N5O2S/c1-3-26-16-11-9-15(10-12-16)21-18(25)13(2)27-19-23-22-17(24(19)20)14-7-5-4-6-8-14/h9-14H,3-8,20H2,1-2H3,(H,21,25)/t13-/m1/s1. The maximum atomic E-state index is 12.5. The summed E-state index contributed by atoms with van der Waals surface area (Å²) in [5.74, 6) is 8.09. The second-order valence-electron chi connectivity index (χ2n) is 6.75. The van der Waals surface area contributed by atoms with Crippen LogP contribution in [0.5, 0.6) is 5.75 Å². The van der Waals surface area contributed by atoms with Crippen LogP contribution in [0, 0.1) is 0 Å². The van der Waals surface area contributed by atoms with Gasteiger partial charge < -0.3 is 15.9 Å². The lowest BCUT2D eigenvalue weighted by molar-refractivity contribution is -0.115. The summed E-state index contributed by atoms with van der Waals surface area (Å²) in [6.45, 7) is 4.38. The quantitative estimate of drug-likeness (QED) is 0.555. The van der Waals surface area contributed by atoms with Crippen LogP contribution >= 0.6 is 11.8 Å². The molecule has 3 N–H and O–H groups in total. The molecular weight excluding hydrogens is 362 g/mol. The molecule has 1 heterocycles. The van der Waals surface area contributed by atoms with Crippen molar-refractivity contribution in [1.29, 1.82) is 0 Å². The molecule has 1 aliphatic carbocycles. The van der Waals surface area contributed by atoms with E-state index in [2.05, 4.69) is 15.5 Å². The van der Waals surface area contributed by atoms with E-state index in [1.165, 1.54) is 31.0 Å². The topological polar surface area (TPSA) is 95.1 Å². The minimum Gasteiger partial charge on any atom is -0.494 e. The van der Waals surface area contributed by atoms with Gasteiger partial charge in [0, 0.05) is 11.6 Å². The Morgan fingerprint density at radius 3 is 2.67 bits per heavy atom. The van der Waals surface area contributed by atoms with Gasteiger partial charge in [-0.25, -0.2) is 4.68 Å². The Hall–Kier alpha value is -2.22. The third kappa shape index (κ3) is 4.94. The van der Waals surface area contributed by atoms with Crippen molar-refractivity contribution in [3.05, 3.63) is 30.1 Å². The van der Waals surface area contributed by atoms with E-state index in [0.717, 1.165) is 30.1 Å². The molecule has 1 atom stereocenters. The third-order valence-electron chi connectivity index (χ3n) is 4.75. The summed E-state index contributed by atoms with van der Waals surface area (Å²) in [6.07, 6.45) is 5.91. The zero-order chi connectivity index (χ0) is 19.2. The first-order valence-corrected chi connectivity index (χ1v) is 10.4. The van der Waals surface area contributed by atoms with E-state index in [0.29, 0.717) is 17.7 Å². The normalized spacial score (nSPS) is 16.1. The molecule has 3 rings (SSSR count). The second kappa shape index (κ2) is 9.12. The van der Waals surface area contributed by atoms with E-state index in [1.54, 1.807) is 4.68 Å². The van der Waals surface area contributed by atoms with E-state index in [9.17, 15) is 4.79 Å². The smallest absolute Gasteiger partial charge is 0.237 e. The van der Waals surface area contributed by atoms with Crippen LogP contribution in [0.15, 0.2) is 29.4 Å². The van der Waals surface area contributed by atoms with E-state index in [-0.39, 0.29) is 11.2 Å². The number of nitrogens with one attached hydrogen (secondary N) is 1. The number of anilines is 1. The Labute approximate surface area is 164 Å². The molecule has 1 amide bonds. The molecule has 0 bridgehead atoms. The van der Waals surface area contributed by atoms with Crippen LogP contribution in [0.25, 0.3) is 0 Å². The lowest BCUT2D eigenvalue weighted by Crippen LogP contribution is -2.24. The van der Waals surface area contributed by atoms with Crippen LogP contribution < -0.4 is 15.9 Å². The molecule has 0 spiro atoms. The third-order valence-corrected chi connectivity index (χ3v) is 5.80. The fourth-order valence-corrected chi connectivity index (χ4v) is 4.04. The van der Waals surface area contributed by atoms with Gasteiger partial charge in [-0.3, -0.25) is 4.79 Å². The van der Waals surface area contributed by atoms with Gasteiger partial charge in [0.15, 0.2) is 5.82 Å². The number of ether oxygens (including phenoxy) is 1. The molecule has 27 heavy (non-hydrogen) atoms. The predicted octanol–water partition coefficient (Wildman–Crippen LogP) is 3.56. The highest BCUT2D eigenvalue weighted by Crippen LogP contribution is 2.33. The number of carbonyl (C=O) groups excluding carboxylic acids is 1. The Morgan fingerprint density at radius 2 is 2.00 bits per heavy atom. The number of thioether (sulfide) groups is 1.